The van der Waals surface area contributed by atoms with Crippen LogP contribution in [0.15, 0.2) is 24.3 Å². The molecule has 0 bridgehead atoms. The zero-order valence-electron chi connectivity index (χ0n) is 7.64. The molecule has 0 amide bonds. The molecule has 0 radical (unpaired) electrons. The van der Waals surface area contributed by atoms with E-state index in [4.69, 9.17) is 0 Å². The molecule has 1 aromatic rings. The van der Waals surface area contributed by atoms with Gasteiger partial charge in [-0.2, -0.15) is 0 Å². The molecule has 70 valence electrons. The maximum absolute atomic E-state index is 9.85. The van der Waals surface area contributed by atoms with Gasteiger partial charge in [0.1, 0.15) is 0 Å². The van der Waals surface area contributed by atoms with Crippen LogP contribution in [0.2, 0.25) is 0 Å². The highest BCUT2D eigenvalue weighted by Crippen LogP contribution is 2.37. The molecular weight excluding hydrogens is 164 g/mol. The minimum absolute atomic E-state index is 0.0302. The second-order valence-electron chi connectivity index (χ2n) is 3.75. The van der Waals surface area contributed by atoms with Crippen LogP contribution in [0.1, 0.15) is 24.2 Å². The topological polar surface area (TPSA) is 40.5 Å². The van der Waals surface area contributed by atoms with Gasteiger partial charge in [-0.25, -0.2) is 0 Å². The molecule has 0 heterocycles. The number of aliphatic hydroxyl groups excluding tert-OH is 2. The standard InChI is InChI=1S/C11H14O2/c1-7(12)10-6-8-4-2-3-5-9(8)11(10)13/h2-5,7,10-13H,6H2,1H3/t7?,10-,11-/m1/s1. The van der Waals surface area contributed by atoms with Crippen molar-refractivity contribution in [2.75, 3.05) is 0 Å². The second-order valence-corrected chi connectivity index (χ2v) is 3.75. The molecule has 0 aromatic heterocycles. The molecule has 2 heteroatoms. The lowest BCUT2D eigenvalue weighted by molar-refractivity contribution is 0.0325. The predicted molar refractivity (Wildman–Crippen MR) is 50.3 cm³/mol. The quantitative estimate of drug-likeness (QED) is 0.680. The Hall–Kier alpha value is -0.860. The van der Waals surface area contributed by atoms with E-state index in [1.54, 1.807) is 6.92 Å². The summed E-state index contributed by atoms with van der Waals surface area (Å²) in [7, 11) is 0. The highest BCUT2D eigenvalue weighted by Gasteiger charge is 2.33. The van der Waals surface area contributed by atoms with Gasteiger partial charge in [-0.1, -0.05) is 24.3 Å². The van der Waals surface area contributed by atoms with Gasteiger partial charge >= 0.3 is 0 Å². The van der Waals surface area contributed by atoms with Crippen molar-refractivity contribution in [2.45, 2.75) is 25.6 Å². The Bertz CT molecular complexity index is 307. The van der Waals surface area contributed by atoms with E-state index in [0.717, 1.165) is 12.0 Å². The SMILES string of the molecule is CC(O)[C@H]1Cc2ccccc2[C@H]1O. The van der Waals surface area contributed by atoms with Crippen molar-refractivity contribution in [1.82, 2.24) is 0 Å². The minimum atomic E-state index is -0.490. The van der Waals surface area contributed by atoms with E-state index in [1.807, 2.05) is 24.3 Å². The molecular formula is C11H14O2. The van der Waals surface area contributed by atoms with Crippen LogP contribution in [0.25, 0.3) is 0 Å². The summed E-state index contributed by atoms with van der Waals surface area (Å²) >= 11 is 0. The van der Waals surface area contributed by atoms with Crippen molar-refractivity contribution < 1.29 is 10.2 Å². The summed E-state index contributed by atoms with van der Waals surface area (Å²) in [6.07, 6.45) is -0.145. The van der Waals surface area contributed by atoms with Crippen LogP contribution in [-0.2, 0) is 6.42 Å². The maximum Gasteiger partial charge on any atom is 0.0848 e. The number of hydrogen-bond acceptors (Lipinski definition) is 2. The highest BCUT2D eigenvalue weighted by atomic mass is 16.3. The van der Waals surface area contributed by atoms with Gasteiger partial charge < -0.3 is 10.2 Å². The first-order chi connectivity index (χ1) is 6.20. The van der Waals surface area contributed by atoms with Crippen molar-refractivity contribution in [3.8, 4) is 0 Å². The molecule has 2 rings (SSSR count). The zero-order valence-corrected chi connectivity index (χ0v) is 7.64. The minimum Gasteiger partial charge on any atom is -0.393 e. The first kappa shape index (κ1) is 8.73. The lowest BCUT2D eigenvalue weighted by atomic mass is 9.98. The average Bonchev–Trinajstić information content (AvgIpc) is 2.45. The monoisotopic (exact) mass is 178 g/mol. The first-order valence-corrected chi connectivity index (χ1v) is 4.64. The Balaban J connectivity index is 2.32. The maximum atomic E-state index is 9.85. The average molecular weight is 178 g/mol. The molecule has 3 atom stereocenters. The van der Waals surface area contributed by atoms with E-state index in [9.17, 15) is 10.2 Å². The Morgan fingerprint density at radius 2 is 2.08 bits per heavy atom. The van der Waals surface area contributed by atoms with Crippen molar-refractivity contribution in [2.24, 2.45) is 5.92 Å². The summed E-state index contributed by atoms with van der Waals surface area (Å²) in [5.74, 6) is -0.0302. The van der Waals surface area contributed by atoms with Crippen LogP contribution in [-0.4, -0.2) is 16.3 Å². The summed E-state index contributed by atoms with van der Waals surface area (Å²) in [5, 5.41) is 19.3. The fourth-order valence-electron chi connectivity index (χ4n) is 2.04. The van der Waals surface area contributed by atoms with E-state index in [-0.39, 0.29) is 5.92 Å². The first-order valence-electron chi connectivity index (χ1n) is 4.64. The molecule has 1 aliphatic rings. The number of benzene rings is 1. The Labute approximate surface area is 77.8 Å². The van der Waals surface area contributed by atoms with E-state index in [1.165, 1.54) is 5.56 Å². The van der Waals surface area contributed by atoms with Gasteiger partial charge in [0.2, 0.25) is 0 Å². The fourth-order valence-corrected chi connectivity index (χ4v) is 2.04. The third-order valence-corrected chi connectivity index (χ3v) is 2.85. The Morgan fingerprint density at radius 3 is 2.69 bits per heavy atom. The van der Waals surface area contributed by atoms with Gasteiger partial charge in [0.15, 0.2) is 0 Å². The van der Waals surface area contributed by atoms with Crippen molar-refractivity contribution in [3.05, 3.63) is 35.4 Å². The van der Waals surface area contributed by atoms with Gasteiger partial charge in [-0.3, -0.25) is 0 Å². The third kappa shape index (κ3) is 1.36. The molecule has 0 saturated heterocycles. The van der Waals surface area contributed by atoms with Crippen LogP contribution in [0.5, 0.6) is 0 Å². The van der Waals surface area contributed by atoms with Crippen molar-refractivity contribution >= 4 is 0 Å². The largest absolute Gasteiger partial charge is 0.393 e. The molecule has 2 N–H and O–H groups in total. The van der Waals surface area contributed by atoms with E-state index < -0.39 is 12.2 Å². The smallest absolute Gasteiger partial charge is 0.0848 e. The fraction of sp³-hybridized carbons (Fsp3) is 0.455. The normalized spacial score (nSPS) is 28.5. The summed E-state index contributed by atoms with van der Waals surface area (Å²) in [6, 6.07) is 7.84. The molecule has 1 aromatic carbocycles. The molecule has 1 unspecified atom stereocenters. The second kappa shape index (κ2) is 3.13. The van der Waals surface area contributed by atoms with Gasteiger partial charge in [0.05, 0.1) is 12.2 Å². The Morgan fingerprint density at radius 1 is 1.38 bits per heavy atom. The Kier molecular flexibility index (Phi) is 2.10. The molecule has 1 aliphatic carbocycles. The summed E-state index contributed by atoms with van der Waals surface area (Å²) in [5.41, 5.74) is 2.15. The molecule has 0 spiro atoms. The summed E-state index contributed by atoms with van der Waals surface area (Å²) in [6.45, 7) is 1.74. The number of rotatable bonds is 1. The summed E-state index contributed by atoms with van der Waals surface area (Å²) < 4.78 is 0. The van der Waals surface area contributed by atoms with Crippen LogP contribution >= 0.6 is 0 Å². The molecule has 2 nitrogen and oxygen atoms in total. The van der Waals surface area contributed by atoms with E-state index in [0.29, 0.717) is 0 Å². The zero-order chi connectivity index (χ0) is 9.42. The molecule has 13 heavy (non-hydrogen) atoms. The van der Waals surface area contributed by atoms with Crippen LogP contribution in [0.4, 0.5) is 0 Å². The predicted octanol–water partition coefficient (Wildman–Crippen LogP) is 1.27. The van der Waals surface area contributed by atoms with Crippen LogP contribution in [0, 0.1) is 5.92 Å². The summed E-state index contributed by atoms with van der Waals surface area (Å²) in [4.78, 5) is 0. The third-order valence-electron chi connectivity index (χ3n) is 2.85. The lowest BCUT2D eigenvalue weighted by Crippen LogP contribution is -2.20. The van der Waals surface area contributed by atoms with Gasteiger partial charge in [-0.05, 0) is 24.5 Å². The van der Waals surface area contributed by atoms with Crippen LogP contribution in [0.3, 0.4) is 0 Å². The lowest BCUT2D eigenvalue weighted by Gasteiger charge is -2.17. The molecule has 0 aliphatic heterocycles. The van der Waals surface area contributed by atoms with Gasteiger partial charge in [0, 0.05) is 5.92 Å². The van der Waals surface area contributed by atoms with E-state index in [2.05, 4.69) is 0 Å². The highest BCUT2D eigenvalue weighted by molar-refractivity contribution is 5.34. The van der Waals surface area contributed by atoms with Crippen LogP contribution < -0.4 is 0 Å². The van der Waals surface area contributed by atoms with Gasteiger partial charge in [0.25, 0.3) is 0 Å². The number of fused-ring (bicyclic) bond motifs is 1. The molecule has 0 saturated carbocycles. The van der Waals surface area contributed by atoms with Crippen molar-refractivity contribution in [3.63, 3.8) is 0 Å². The number of hydrogen-bond donors (Lipinski definition) is 2. The van der Waals surface area contributed by atoms with Crippen molar-refractivity contribution in [1.29, 1.82) is 0 Å². The number of aliphatic hydroxyl groups is 2. The van der Waals surface area contributed by atoms with E-state index >= 15 is 0 Å². The van der Waals surface area contributed by atoms with Gasteiger partial charge in [-0.15, -0.1) is 0 Å². The molecule has 0 fully saturated rings.